The molecule has 28 heavy (non-hydrogen) atoms. The summed E-state index contributed by atoms with van der Waals surface area (Å²) in [6.07, 6.45) is 3.87. The molecule has 0 aliphatic carbocycles. The number of piperidine rings is 1. The number of fused-ring (bicyclic) bond motifs is 1. The van der Waals surface area contributed by atoms with Gasteiger partial charge in [0, 0.05) is 42.3 Å². The summed E-state index contributed by atoms with van der Waals surface area (Å²) >= 11 is 3.98. The van der Waals surface area contributed by atoms with Crippen molar-refractivity contribution in [2.24, 2.45) is 0 Å². The number of aromatic nitrogens is 3. The molecule has 0 spiro atoms. The molecular formula is C21H22N4OS2. The molecule has 0 bridgehead atoms. The number of hydrogen-bond acceptors (Lipinski definition) is 5. The predicted molar refractivity (Wildman–Crippen MR) is 115 cm³/mol. The van der Waals surface area contributed by atoms with Crippen LogP contribution in [-0.4, -0.2) is 50.0 Å². The van der Waals surface area contributed by atoms with Gasteiger partial charge in [0.1, 0.15) is 5.82 Å². The monoisotopic (exact) mass is 410 g/mol. The summed E-state index contributed by atoms with van der Waals surface area (Å²) in [5.74, 6) is 3.93. The number of thioether (sulfide) groups is 2. The van der Waals surface area contributed by atoms with Crippen LogP contribution in [0.15, 0.2) is 48.7 Å². The van der Waals surface area contributed by atoms with E-state index in [1.807, 2.05) is 65.0 Å². The molecule has 3 aromatic rings. The van der Waals surface area contributed by atoms with Gasteiger partial charge in [-0.2, -0.15) is 0 Å². The first kappa shape index (κ1) is 18.1. The van der Waals surface area contributed by atoms with Crippen molar-refractivity contribution in [3.05, 3.63) is 65.6 Å². The van der Waals surface area contributed by atoms with E-state index in [0.717, 1.165) is 43.0 Å². The first-order chi connectivity index (χ1) is 13.8. The van der Waals surface area contributed by atoms with Crippen LogP contribution < -0.4 is 0 Å². The van der Waals surface area contributed by atoms with Crippen molar-refractivity contribution in [3.63, 3.8) is 0 Å². The van der Waals surface area contributed by atoms with E-state index in [2.05, 4.69) is 26.7 Å². The highest BCUT2D eigenvalue weighted by Crippen LogP contribution is 2.45. The Balaban J connectivity index is 1.24. The zero-order valence-corrected chi connectivity index (χ0v) is 17.2. The summed E-state index contributed by atoms with van der Waals surface area (Å²) in [5, 5.41) is 8.67. The Bertz CT molecular complexity index is 973. The van der Waals surface area contributed by atoms with E-state index >= 15 is 0 Å². The average molecular weight is 411 g/mol. The van der Waals surface area contributed by atoms with Crippen molar-refractivity contribution < 1.29 is 4.79 Å². The van der Waals surface area contributed by atoms with E-state index in [-0.39, 0.29) is 5.91 Å². The first-order valence-electron chi connectivity index (χ1n) is 9.72. The van der Waals surface area contributed by atoms with Crippen molar-refractivity contribution in [2.45, 2.75) is 23.3 Å². The molecule has 2 aromatic heterocycles. The van der Waals surface area contributed by atoms with E-state index in [4.69, 9.17) is 0 Å². The number of pyridine rings is 1. The van der Waals surface area contributed by atoms with E-state index < -0.39 is 0 Å². The maximum absolute atomic E-state index is 12.9. The van der Waals surface area contributed by atoms with E-state index in [1.54, 1.807) is 0 Å². The zero-order chi connectivity index (χ0) is 18.9. The minimum absolute atomic E-state index is 0.142. The number of carbonyl (C=O) groups is 1. The predicted octanol–water partition coefficient (Wildman–Crippen LogP) is 4.23. The number of amides is 1. The summed E-state index contributed by atoms with van der Waals surface area (Å²) in [6, 6.07) is 14.2. The number of nitrogens with zero attached hydrogens (tertiary/aromatic N) is 4. The Morgan fingerprint density at radius 2 is 1.71 bits per heavy atom. The van der Waals surface area contributed by atoms with Gasteiger partial charge in [-0.25, -0.2) is 0 Å². The molecule has 2 aliphatic rings. The van der Waals surface area contributed by atoms with Crippen LogP contribution in [0.5, 0.6) is 0 Å². The highest BCUT2D eigenvalue weighted by Gasteiger charge is 2.27. The van der Waals surface area contributed by atoms with Crippen LogP contribution in [-0.2, 0) is 0 Å². The highest BCUT2D eigenvalue weighted by molar-refractivity contribution is 8.19. The second kappa shape index (κ2) is 7.79. The normalized spacial score (nSPS) is 18.8. The fourth-order valence-corrected chi connectivity index (χ4v) is 6.85. The molecule has 7 heteroatoms. The molecule has 1 aromatic carbocycles. The van der Waals surface area contributed by atoms with Gasteiger partial charge < -0.3 is 4.90 Å². The van der Waals surface area contributed by atoms with E-state index in [1.165, 1.54) is 17.1 Å². The minimum Gasteiger partial charge on any atom is -0.339 e. The first-order valence-corrected chi connectivity index (χ1v) is 11.8. The van der Waals surface area contributed by atoms with Gasteiger partial charge in [-0.15, -0.1) is 33.7 Å². The topological polar surface area (TPSA) is 50.5 Å². The Hall–Kier alpha value is -1.99. The van der Waals surface area contributed by atoms with Crippen molar-refractivity contribution in [1.82, 2.24) is 19.5 Å². The highest BCUT2D eigenvalue weighted by atomic mass is 32.2. The third kappa shape index (κ3) is 3.42. The molecular weight excluding hydrogens is 388 g/mol. The molecule has 0 radical (unpaired) electrons. The third-order valence-electron chi connectivity index (χ3n) is 5.54. The fourth-order valence-electron chi connectivity index (χ4n) is 4.00. The minimum atomic E-state index is 0.142. The molecule has 5 nitrogen and oxygen atoms in total. The van der Waals surface area contributed by atoms with Crippen LogP contribution in [0.3, 0.4) is 0 Å². The van der Waals surface area contributed by atoms with Crippen LogP contribution in [0.25, 0.3) is 5.65 Å². The molecule has 0 N–H and O–H groups in total. The number of likely N-dealkylation sites (tertiary alicyclic amines) is 1. The lowest BCUT2D eigenvalue weighted by Crippen LogP contribution is -2.38. The summed E-state index contributed by atoms with van der Waals surface area (Å²) in [7, 11) is 0. The van der Waals surface area contributed by atoms with Crippen LogP contribution >= 0.6 is 23.5 Å². The molecule has 144 valence electrons. The molecule has 4 heterocycles. The van der Waals surface area contributed by atoms with Gasteiger partial charge in [-0.05, 0) is 42.7 Å². The summed E-state index contributed by atoms with van der Waals surface area (Å²) < 4.78 is 2.60. The smallest absolute Gasteiger partial charge is 0.253 e. The summed E-state index contributed by atoms with van der Waals surface area (Å²) in [4.78, 5) is 14.9. The molecule has 2 aliphatic heterocycles. The number of hydrogen-bond donors (Lipinski definition) is 0. The van der Waals surface area contributed by atoms with Crippen LogP contribution in [0.2, 0.25) is 0 Å². The maximum atomic E-state index is 12.9. The van der Waals surface area contributed by atoms with Crippen LogP contribution in [0.4, 0.5) is 0 Å². The van der Waals surface area contributed by atoms with Crippen molar-refractivity contribution in [3.8, 4) is 0 Å². The van der Waals surface area contributed by atoms with Gasteiger partial charge >= 0.3 is 0 Å². The van der Waals surface area contributed by atoms with Crippen LogP contribution in [0.1, 0.15) is 45.1 Å². The van der Waals surface area contributed by atoms with Gasteiger partial charge in [0.15, 0.2) is 5.65 Å². The Morgan fingerprint density at radius 3 is 2.46 bits per heavy atom. The molecule has 0 unspecified atom stereocenters. The summed E-state index contributed by atoms with van der Waals surface area (Å²) in [5.41, 5.74) is 3.00. The quantitative estimate of drug-likeness (QED) is 0.647. The summed E-state index contributed by atoms with van der Waals surface area (Å²) in [6.45, 7) is 1.53. The Labute approximate surface area is 172 Å². The van der Waals surface area contributed by atoms with Crippen LogP contribution in [0, 0.1) is 0 Å². The third-order valence-corrected chi connectivity index (χ3v) is 8.64. The number of carbonyl (C=O) groups excluding carboxylic acids is 1. The van der Waals surface area contributed by atoms with E-state index in [0.29, 0.717) is 10.5 Å². The molecule has 2 saturated heterocycles. The van der Waals surface area contributed by atoms with Crippen molar-refractivity contribution in [1.29, 1.82) is 0 Å². The second-order valence-electron chi connectivity index (χ2n) is 7.25. The van der Waals surface area contributed by atoms with Gasteiger partial charge in [0.2, 0.25) is 0 Å². The Morgan fingerprint density at radius 1 is 0.964 bits per heavy atom. The molecule has 2 fully saturated rings. The lowest BCUT2D eigenvalue weighted by Gasteiger charge is -2.31. The molecule has 1 amide bonds. The standard InChI is InChI=1S/C21H22N4OS2/c26-20(16-4-6-17(7-5-16)21-27-13-14-28-21)24-11-8-15(9-12-24)19-23-22-18-3-1-2-10-25(18)19/h1-7,10,15,21H,8-9,11-14H2. The van der Waals surface area contributed by atoms with Crippen molar-refractivity contribution >= 4 is 35.1 Å². The van der Waals surface area contributed by atoms with E-state index in [9.17, 15) is 4.79 Å². The van der Waals surface area contributed by atoms with Gasteiger partial charge in [-0.1, -0.05) is 18.2 Å². The number of benzene rings is 1. The molecule has 0 atom stereocenters. The SMILES string of the molecule is O=C(c1ccc(C2SCCS2)cc1)N1CCC(c2nnc3ccccn23)CC1. The lowest BCUT2D eigenvalue weighted by atomic mass is 9.95. The van der Waals surface area contributed by atoms with Gasteiger partial charge in [-0.3, -0.25) is 9.20 Å². The maximum Gasteiger partial charge on any atom is 0.253 e. The fraction of sp³-hybridized carbons (Fsp3) is 0.381. The largest absolute Gasteiger partial charge is 0.339 e. The Kier molecular flexibility index (Phi) is 5.03. The molecule has 0 saturated carbocycles. The average Bonchev–Trinajstić information content (AvgIpc) is 3.44. The second-order valence-corrected chi connectivity index (χ2v) is 9.97. The lowest BCUT2D eigenvalue weighted by molar-refractivity contribution is 0.0711. The van der Waals surface area contributed by atoms with Gasteiger partial charge in [0.05, 0.1) is 4.58 Å². The zero-order valence-electron chi connectivity index (χ0n) is 15.5. The van der Waals surface area contributed by atoms with Gasteiger partial charge in [0.25, 0.3) is 5.91 Å². The molecule has 5 rings (SSSR count). The number of rotatable bonds is 3. The van der Waals surface area contributed by atoms with Crippen molar-refractivity contribution in [2.75, 3.05) is 24.6 Å².